The number of benzene rings is 1. The maximum Gasteiger partial charge on any atom is 0.238 e. The lowest BCUT2D eigenvalue weighted by molar-refractivity contribution is 0.452. The van der Waals surface area contributed by atoms with Crippen LogP contribution in [0.2, 0.25) is 0 Å². The lowest BCUT2D eigenvalue weighted by atomic mass is 10.2. The number of hydrogen-bond donors (Lipinski definition) is 1. The fraction of sp³-hybridized carbons (Fsp3) is 0.333. The highest BCUT2D eigenvalue weighted by molar-refractivity contribution is 9.10. The zero-order valence-electron chi connectivity index (χ0n) is 11.3. The van der Waals surface area contributed by atoms with Gasteiger partial charge in [-0.1, -0.05) is 22.0 Å². The topological polar surface area (TPSA) is 47.0 Å². The Bertz CT molecular complexity index is 614. The molecule has 0 unspecified atom stereocenters. The van der Waals surface area contributed by atoms with Crippen molar-refractivity contribution in [3.8, 4) is 11.6 Å². The average Bonchev–Trinajstić information content (AvgIpc) is 3.25. The minimum Gasteiger partial charge on any atom is -0.437 e. The Morgan fingerprint density at radius 2 is 2.20 bits per heavy atom. The first-order valence-corrected chi connectivity index (χ1v) is 7.48. The van der Waals surface area contributed by atoms with E-state index >= 15 is 0 Å². The predicted molar refractivity (Wildman–Crippen MR) is 80.8 cm³/mol. The summed E-state index contributed by atoms with van der Waals surface area (Å²) in [5, 5.41) is 3.42. The van der Waals surface area contributed by atoms with E-state index < -0.39 is 0 Å². The second kappa shape index (κ2) is 5.89. The molecule has 1 saturated carbocycles. The first-order chi connectivity index (χ1) is 9.70. The summed E-state index contributed by atoms with van der Waals surface area (Å²) in [6.07, 6.45) is 5.94. The molecule has 1 aliphatic rings. The molecule has 1 N–H and O–H groups in total. The summed E-state index contributed by atoms with van der Waals surface area (Å²) in [5.41, 5.74) is 1.97. The maximum atomic E-state index is 5.82. The van der Waals surface area contributed by atoms with Gasteiger partial charge in [0.1, 0.15) is 5.75 Å². The first-order valence-electron chi connectivity index (χ1n) is 6.69. The number of ether oxygens (including phenoxy) is 1. The number of halogens is 1. The molecule has 0 aliphatic heterocycles. The van der Waals surface area contributed by atoms with Crippen molar-refractivity contribution >= 4 is 15.9 Å². The molecule has 1 aromatic carbocycles. The van der Waals surface area contributed by atoms with Crippen molar-refractivity contribution < 1.29 is 4.74 Å². The van der Waals surface area contributed by atoms with E-state index in [1.807, 2.05) is 25.1 Å². The van der Waals surface area contributed by atoms with Gasteiger partial charge in [0.05, 0.1) is 11.9 Å². The Labute approximate surface area is 126 Å². The molecule has 4 nitrogen and oxygen atoms in total. The highest BCUT2D eigenvalue weighted by atomic mass is 79.9. The van der Waals surface area contributed by atoms with E-state index in [1.54, 1.807) is 12.4 Å². The zero-order chi connectivity index (χ0) is 13.9. The number of rotatable bonds is 5. The first kappa shape index (κ1) is 13.5. The largest absolute Gasteiger partial charge is 0.437 e. The van der Waals surface area contributed by atoms with Crippen molar-refractivity contribution in [3.05, 3.63) is 46.3 Å². The molecule has 0 saturated heterocycles. The average molecular weight is 334 g/mol. The molecule has 0 amide bonds. The molecule has 104 valence electrons. The Morgan fingerprint density at radius 3 is 3.00 bits per heavy atom. The minimum atomic E-state index is 0.529. The lowest BCUT2D eigenvalue weighted by Gasteiger charge is -2.09. The quantitative estimate of drug-likeness (QED) is 0.908. The van der Waals surface area contributed by atoms with E-state index in [4.69, 9.17) is 4.74 Å². The molecule has 5 heteroatoms. The monoisotopic (exact) mass is 333 g/mol. The van der Waals surface area contributed by atoms with E-state index in [0.29, 0.717) is 11.9 Å². The fourth-order valence-electron chi connectivity index (χ4n) is 1.85. The SMILES string of the molecule is Cc1ccc(Br)cc1Oc1cncc(CNC2CC2)n1. The van der Waals surface area contributed by atoms with E-state index in [0.717, 1.165) is 28.0 Å². The molecule has 1 aromatic heterocycles. The van der Waals surface area contributed by atoms with Crippen molar-refractivity contribution in [1.29, 1.82) is 0 Å². The smallest absolute Gasteiger partial charge is 0.238 e. The Kier molecular flexibility index (Phi) is 3.98. The van der Waals surface area contributed by atoms with Gasteiger partial charge in [0, 0.05) is 23.3 Å². The van der Waals surface area contributed by atoms with Gasteiger partial charge < -0.3 is 10.1 Å². The van der Waals surface area contributed by atoms with Gasteiger partial charge in [-0.25, -0.2) is 4.98 Å². The molecule has 0 spiro atoms. The van der Waals surface area contributed by atoms with Crippen molar-refractivity contribution in [2.24, 2.45) is 0 Å². The van der Waals surface area contributed by atoms with Crippen LogP contribution in [0, 0.1) is 6.92 Å². The van der Waals surface area contributed by atoms with Crippen LogP contribution in [0.3, 0.4) is 0 Å². The highest BCUT2D eigenvalue weighted by Gasteiger charge is 2.20. The second-order valence-electron chi connectivity index (χ2n) is 5.02. The summed E-state index contributed by atoms with van der Waals surface area (Å²) in [6.45, 7) is 2.75. The number of nitrogens with one attached hydrogen (secondary N) is 1. The Balaban J connectivity index is 1.72. The maximum absolute atomic E-state index is 5.82. The van der Waals surface area contributed by atoms with Crippen molar-refractivity contribution in [3.63, 3.8) is 0 Å². The van der Waals surface area contributed by atoms with E-state index in [-0.39, 0.29) is 0 Å². The zero-order valence-corrected chi connectivity index (χ0v) is 12.9. The summed E-state index contributed by atoms with van der Waals surface area (Å²) < 4.78 is 6.81. The summed E-state index contributed by atoms with van der Waals surface area (Å²) in [7, 11) is 0. The Morgan fingerprint density at radius 1 is 1.35 bits per heavy atom. The molecular weight excluding hydrogens is 318 g/mol. The fourth-order valence-corrected chi connectivity index (χ4v) is 2.19. The molecule has 2 aromatic rings. The van der Waals surface area contributed by atoms with Crippen LogP contribution in [0.5, 0.6) is 11.6 Å². The van der Waals surface area contributed by atoms with Gasteiger partial charge in [-0.15, -0.1) is 0 Å². The number of hydrogen-bond acceptors (Lipinski definition) is 4. The van der Waals surface area contributed by atoms with Gasteiger partial charge in [-0.2, -0.15) is 0 Å². The summed E-state index contributed by atoms with van der Waals surface area (Å²) >= 11 is 3.45. The van der Waals surface area contributed by atoms with Crippen molar-refractivity contribution in [1.82, 2.24) is 15.3 Å². The summed E-state index contributed by atoms with van der Waals surface area (Å²) in [5.74, 6) is 1.32. The van der Waals surface area contributed by atoms with E-state index in [9.17, 15) is 0 Å². The third kappa shape index (κ3) is 3.55. The standard InChI is InChI=1S/C15H16BrN3O/c1-10-2-3-11(16)6-14(10)20-15-9-17-7-13(19-15)8-18-12-4-5-12/h2-3,6-7,9,12,18H,4-5,8H2,1H3. The van der Waals surface area contributed by atoms with Gasteiger partial charge in [0.25, 0.3) is 0 Å². The van der Waals surface area contributed by atoms with Crippen LogP contribution in [-0.2, 0) is 6.54 Å². The van der Waals surface area contributed by atoms with Crippen molar-refractivity contribution in [2.75, 3.05) is 0 Å². The summed E-state index contributed by atoms with van der Waals surface area (Å²) in [4.78, 5) is 8.67. The van der Waals surface area contributed by atoms with Gasteiger partial charge in [0.2, 0.25) is 5.88 Å². The third-order valence-corrected chi connectivity index (χ3v) is 3.67. The predicted octanol–water partition coefficient (Wildman–Crippen LogP) is 3.59. The number of aryl methyl sites for hydroxylation is 1. The van der Waals surface area contributed by atoms with Gasteiger partial charge in [-0.3, -0.25) is 4.98 Å². The van der Waals surface area contributed by atoms with Gasteiger partial charge >= 0.3 is 0 Å². The number of nitrogens with zero attached hydrogens (tertiary/aromatic N) is 2. The Hall–Kier alpha value is -1.46. The van der Waals surface area contributed by atoms with E-state index in [1.165, 1.54) is 12.8 Å². The van der Waals surface area contributed by atoms with Gasteiger partial charge in [0.15, 0.2) is 0 Å². The molecule has 0 radical (unpaired) electrons. The van der Waals surface area contributed by atoms with Crippen LogP contribution in [0.4, 0.5) is 0 Å². The normalized spacial score (nSPS) is 14.3. The molecular formula is C15H16BrN3O. The molecule has 0 atom stereocenters. The molecule has 1 heterocycles. The summed E-state index contributed by atoms with van der Waals surface area (Å²) in [6, 6.07) is 6.59. The van der Waals surface area contributed by atoms with Gasteiger partial charge in [-0.05, 0) is 37.5 Å². The highest BCUT2D eigenvalue weighted by Crippen LogP contribution is 2.27. The molecule has 1 fully saturated rings. The second-order valence-corrected chi connectivity index (χ2v) is 5.93. The molecule has 3 rings (SSSR count). The lowest BCUT2D eigenvalue weighted by Crippen LogP contribution is -2.16. The van der Waals surface area contributed by atoms with E-state index in [2.05, 4.69) is 31.2 Å². The van der Waals surface area contributed by atoms with Crippen LogP contribution >= 0.6 is 15.9 Å². The van der Waals surface area contributed by atoms with Crippen LogP contribution in [-0.4, -0.2) is 16.0 Å². The van der Waals surface area contributed by atoms with Crippen LogP contribution in [0.1, 0.15) is 24.1 Å². The van der Waals surface area contributed by atoms with Crippen LogP contribution < -0.4 is 10.1 Å². The molecule has 1 aliphatic carbocycles. The third-order valence-electron chi connectivity index (χ3n) is 3.18. The molecule has 20 heavy (non-hydrogen) atoms. The van der Waals surface area contributed by atoms with Crippen LogP contribution in [0.25, 0.3) is 0 Å². The molecule has 0 bridgehead atoms. The minimum absolute atomic E-state index is 0.529. The van der Waals surface area contributed by atoms with Crippen molar-refractivity contribution in [2.45, 2.75) is 32.4 Å². The van der Waals surface area contributed by atoms with Crippen LogP contribution in [0.15, 0.2) is 35.1 Å². The number of aromatic nitrogens is 2.